The maximum atomic E-state index is 12.5. The molecule has 0 aromatic carbocycles. The lowest BCUT2D eigenvalue weighted by molar-refractivity contribution is -0.145. The number of halogens is 1. The minimum atomic E-state index is -1.10. The van der Waals surface area contributed by atoms with Crippen molar-refractivity contribution in [2.45, 2.75) is 38.8 Å². The summed E-state index contributed by atoms with van der Waals surface area (Å²) in [6.45, 7) is 11.5. The maximum Gasteiger partial charge on any atom is 0.508 e. The van der Waals surface area contributed by atoms with Crippen LogP contribution in [-0.2, 0) is 23.8 Å². The van der Waals surface area contributed by atoms with Crippen LogP contribution in [0.15, 0.2) is 47.6 Å². The van der Waals surface area contributed by atoms with Gasteiger partial charge in [0.2, 0.25) is 0 Å². The number of ether oxygens (including phenoxy) is 3. The Morgan fingerprint density at radius 3 is 2.55 bits per heavy atom. The molecule has 0 unspecified atom stereocenters. The van der Waals surface area contributed by atoms with Gasteiger partial charge < -0.3 is 19.3 Å². The van der Waals surface area contributed by atoms with Crippen LogP contribution in [0.2, 0.25) is 0 Å². The lowest BCUT2D eigenvalue weighted by Gasteiger charge is -2.38. The van der Waals surface area contributed by atoms with Crippen LogP contribution in [0, 0.1) is 5.92 Å². The molecule has 0 spiro atoms. The number of carbonyl (C=O) groups is 3. The molecule has 8 nitrogen and oxygen atoms in total. The van der Waals surface area contributed by atoms with Gasteiger partial charge in [0.25, 0.3) is 0 Å². The highest BCUT2D eigenvalue weighted by Gasteiger charge is 2.36. The first kappa shape index (κ1) is 26.5. The van der Waals surface area contributed by atoms with Gasteiger partial charge in [0, 0.05) is 24.2 Å². The Bertz CT molecular complexity index is 757. The van der Waals surface area contributed by atoms with Gasteiger partial charge in [-0.15, -0.1) is 0 Å². The molecule has 0 amide bonds. The van der Waals surface area contributed by atoms with E-state index in [4.69, 9.17) is 25.8 Å². The second-order valence-corrected chi connectivity index (χ2v) is 7.71. The molecule has 0 radical (unpaired) electrons. The lowest BCUT2D eigenvalue weighted by atomic mass is 9.86. The predicted molar refractivity (Wildman–Crippen MR) is 117 cm³/mol. The second kappa shape index (κ2) is 13.0. The number of likely N-dealkylation sites (tertiary alicyclic amines) is 1. The summed E-state index contributed by atoms with van der Waals surface area (Å²) in [4.78, 5) is 37.2. The predicted octanol–water partition coefficient (Wildman–Crippen LogP) is 3.68. The van der Waals surface area contributed by atoms with Gasteiger partial charge >= 0.3 is 18.1 Å². The summed E-state index contributed by atoms with van der Waals surface area (Å²) in [5, 5.41) is 9.47. The van der Waals surface area contributed by atoms with Crippen LogP contribution in [0.4, 0.5) is 4.79 Å². The van der Waals surface area contributed by atoms with Gasteiger partial charge in [0.05, 0.1) is 19.8 Å². The van der Waals surface area contributed by atoms with Crippen molar-refractivity contribution in [1.29, 1.82) is 0 Å². The molecular weight excluding hydrogens is 426 g/mol. The van der Waals surface area contributed by atoms with Gasteiger partial charge in [0.15, 0.2) is 0 Å². The van der Waals surface area contributed by atoms with E-state index in [1.54, 1.807) is 24.8 Å². The highest BCUT2D eigenvalue weighted by atomic mass is 35.5. The summed E-state index contributed by atoms with van der Waals surface area (Å²) in [6.07, 6.45) is 4.13. The molecule has 9 heteroatoms. The van der Waals surface area contributed by atoms with Gasteiger partial charge in [-0.1, -0.05) is 36.9 Å². The number of allylic oxidation sites excluding steroid dienone is 2. The zero-order chi connectivity index (χ0) is 23.6. The highest BCUT2D eigenvalue weighted by molar-refractivity contribution is 6.32. The molecule has 1 rings (SSSR count). The molecule has 1 fully saturated rings. The van der Waals surface area contributed by atoms with Gasteiger partial charge in [-0.3, -0.25) is 4.90 Å². The normalized spacial score (nSPS) is 19.6. The smallest absolute Gasteiger partial charge is 0.478 e. The first-order chi connectivity index (χ1) is 14.6. The zero-order valence-corrected chi connectivity index (χ0v) is 18.9. The monoisotopic (exact) mass is 455 g/mol. The van der Waals surface area contributed by atoms with Crippen molar-refractivity contribution >= 4 is 29.7 Å². The Kier molecular flexibility index (Phi) is 11.1. The van der Waals surface area contributed by atoms with Gasteiger partial charge in [-0.25, -0.2) is 14.4 Å². The summed E-state index contributed by atoms with van der Waals surface area (Å²) in [5.41, 5.74) is 1.03. The number of carboxylic acid groups (broad SMARTS) is 1. The second-order valence-electron chi connectivity index (χ2n) is 7.26. The Hall–Kier alpha value is -2.58. The van der Waals surface area contributed by atoms with Crippen LogP contribution in [0.25, 0.3) is 0 Å². The van der Waals surface area contributed by atoms with Crippen LogP contribution in [0.5, 0.6) is 0 Å². The summed E-state index contributed by atoms with van der Waals surface area (Å²) >= 11 is 6.11. The molecule has 2 atom stereocenters. The molecule has 0 saturated carbocycles. The van der Waals surface area contributed by atoms with E-state index in [1.165, 1.54) is 13.2 Å². The molecule has 1 saturated heterocycles. The van der Waals surface area contributed by atoms with E-state index in [0.29, 0.717) is 30.5 Å². The Morgan fingerprint density at radius 2 is 2.03 bits per heavy atom. The van der Waals surface area contributed by atoms with Crippen molar-refractivity contribution in [3.63, 3.8) is 0 Å². The van der Waals surface area contributed by atoms with Crippen LogP contribution in [0.1, 0.15) is 26.7 Å². The molecule has 1 aliphatic rings. The molecular formula is C22H30ClNO7. The Labute approximate surface area is 187 Å². The molecule has 0 aromatic rings. The number of nitrogens with zero attached hydrogens (tertiary/aromatic N) is 1. The van der Waals surface area contributed by atoms with Crippen LogP contribution in [0.3, 0.4) is 0 Å². The number of hydrogen-bond donors (Lipinski definition) is 1. The number of carboxylic acids is 1. The van der Waals surface area contributed by atoms with Crippen LogP contribution in [-0.4, -0.2) is 67.1 Å². The van der Waals surface area contributed by atoms with E-state index in [9.17, 15) is 19.5 Å². The van der Waals surface area contributed by atoms with Crippen molar-refractivity contribution in [2.24, 2.45) is 5.92 Å². The zero-order valence-electron chi connectivity index (χ0n) is 18.1. The third kappa shape index (κ3) is 8.59. The third-order valence-corrected chi connectivity index (χ3v) is 4.91. The van der Waals surface area contributed by atoms with E-state index in [2.05, 4.69) is 13.2 Å². The average Bonchev–Trinajstić information content (AvgIpc) is 2.67. The van der Waals surface area contributed by atoms with Crippen molar-refractivity contribution in [2.75, 3.05) is 26.8 Å². The molecule has 0 bridgehead atoms. The molecule has 0 aromatic heterocycles. The number of methoxy groups -OCH3 is 1. The van der Waals surface area contributed by atoms with Crippen molar-refractivity contribution in [3.05, 3.63) is 47.6 Å². The van der Waals surface area contributed by atoms with E-state index in [1.807, 2.05) is 0 Å². The average molecular weight is 456 g/mol. The van der Waals surface area contributed by atoms with Gasteiger partial charge in [0.1, 0.15) is 6.04 Å². The summed E-state index contributed by atoms with van der Waals surface area (Å²) in [7, 11) is 1.27. The largest absolute Gasteiger partial charge is 0.508 e. The van der Waals surface area contributed by atoms with Gasteiger partial charge in [-0.2, -0.15) is 0 Å². The molecule has 1 heterocycles. The van der Waals surface area contributed by atoms with E-state index in [0.717, 1.165) is 6.08 Å². The van der Waals surface area contributed by atoms with Gasteiger partial charge in [-0.05, 0) is 43.8 Å². The first-order valence-corrected chi connectivity index (χ1v) is 10.2. The molecule has 31 heavy (non-hydrogen) atoms. The fourth-order valence-corrected chi connectivity index (χ4v) is 3.54. The van der Waals surface area contributed by atoms with E-state index < -0.39 is 24.1 Å². The number of piperidine rings is 1. The highest BCUT2D eigenvalue weighted by Crippen LogP contribution is 2.31. The van der Waals surface area contributed by atoms with E-state index >= 15 is 0 Å². The van der Waals surface area contributed by atoms with Crippen LogP contribution >= 0.6 is 11.6 Å². The minimum Gasteiger partial charge on any atom is -0.478 e. The standard InChI is InChI=1S/C22H30ClNO7/c1-6-7-18(15(4)23)20(21(27)29-5)24-10-8-16(17(13-24)12-19(25)26)9-11-30-22(28)31-14(2)3/h6-7,12,14,16,20H,1,4,8-11,13H2,2-3,5H3,(H,25,26)/b17-12-,18-7+/t16-,20+/m1/s1. The van der Waals surface area contributed by atoms with Crippen molar-refractivity contribution < 1.29 is 33.7 Å². The van der Waals surface area contributed by atoms with Crippen molar-refractivity contribution in [1.82, 2.24) is 4.90 Å². The number of rotatable bonds is 10. The summed E-state index contributed by atoms with van der Waals surface area (Å²) in [5.74, 6) is -1.77. The molecule has 0 aliphatic carbocycles. The molecule has 1 aliphatic heterocycles. The summed E-state index contributed by atoms with van der Waals surface area (Å²) in [6, 6.07) is -0.858. The SMILES string of the molecule is C=C/C=C(\C(=C)Cl)[C@@H](C(=O)OC)N1CC[C@H](CCOC(=O)OC(C)C)/C(=C\C(=O)O)C1. The molecule has 1 N–H and O–H groups in total. The number of aliphatic carboxylic acids is 1. The topological polar surface area (TPSA) is 102 Å². The number of esters is 1. The Balaban J connectivity index is 3.01. The maximum absolute atomic E-state index is 12.5. The third-order valence-electron chi connectivity index (χ3n) is 4.70. The quantitative estimate of drug-likeness (QED) is 0.302. The van der Waals surface area contributed by atoms with Crippen LogP contribution < -0.4 is 0 Å². The number of carbonyl (C=O) groups excluding carboxylic acids is 2. The van der Waals surface area contributed by atoms with E-state index in [-0.39, 0.29) is 30.2 Å². The van der Waals surface area contributed by atoms with Crippen molar-refractivity contribution in [3.8, 4) is 0 Å². The fourth-order valence-electron chi connectivity index (χ4n) is 3.37. The lowest BCUT2D eigenvalue weighted by Crippen LogP contribution is -2.48. The summed E-state index contributed by atoms with van der Waals surface area (Å²) < 4.78 is 14.9. The molecule has 172 valence electrons. The minimum absolute atomic E-state index is 0.0910. The first-order valence-electron chi connectivity index (χ1n) is 9.86. The fraction of sp³-hybridized carbons (Fsp3) is 0.500. The number of hydrogen-bond acceptors (Lipinski definition) is 7. The Morgan fingerprint density at radius 1 is 1.35 bits per heavy atom.